The van der Waals surface area contributed by atoms with Crippen LogP contribution >= 0.6 is 23.2 Å². The number of piperazine rings is 1. The van der Waals surface area contributed by atoms with Crippen molar-refractivity contribution >= 4 is 29.0 Å². The summed E-state index contributed by atoms with van der Waals surface area (Å²) in [4.78, 5) is 13.5. The van der Waals surface area contributed by atoms with Crippen molar-refractivity contribution < 1.29 is 0 Å². The van der Waals surface area contributed by atoms with E-state index >= 15 is 0 Å². The second-order valence-electron chi connectivity index (χ2n) is 9.75. The normalized spacial score (nSPS) is 14.4. The zero-order chi connectivity index (χ0) is 27.5. The summed E-state index contributed by atoms with van der Waals surface area (Å²) in [7, 11) is 0. The summed E-state index contributed by atoms with van der Waals surface area (Å²) < 4.78 is 1.52. The predicted molar refractivity (Wildman–Crippen MR) is 157 cm³/mol. The fourth-order valence-corrected chi connectivity index (χ4v) is 5.27. The van der Waals surface area contributed by atoms with Gasteiger partial charge in [-0.3, -0.25) is 14.8 Å². The number of tetrazole rings is 1. The summed E-state index contributed by atoms with van der Waals surface area (Å²) in [5, 5.41) is 12.9. The number of halogens is 2. The first-order valence-corrected chi connectivity index (χ1v) is 13.7. The van der Waals surface area contributed by atoms with Crippen LogP contribution in [0.4, 0.5) is 5.82 Å². The van der Waals surface area contributed by atoms with Gasteiger partial charge in [-0.15, -0.1) is 5.10 Å². The number of benzene rings is 2. The molecule has 2 N–H and O–H groups in total. The first-order chi connectivity index (χ1) is 19.5. The first kappa shape index (κ1) is 26.3. The lowest BCUT2D eigenvalue weighted by Crippen LogP contribution is -2.45. The Morgan fingerprint density at radius 1 is 0.800 bits per heavy atom. The molecule has 1 fully saturated rings. The highest BCUT2D eigenvalue weighted by atomic mass is 35.5. The molecule has 0 spiro atoms. The molecule has 0 amide bonds. The van der Waals surface area contributed by atoms with Gasteiger partial charge in [-0.2, -0.15) is 4.68 Å². The van der Waals surface area contributed by atoms with Gasteiger partial charge in [0.05, 0.1) is 21.3 Å². The molecule has 0 unspecified atom stereocenters. The number of nitrogen functional groups attached to an aromatic ring is 1. The molecule has 1 saturated heterocycles. The van der Waals surface area contributed by atoms with Gasteiger partial charge in [-0.05, 0) is 57.4 Å². The van der Waals surface area contributed by atoms with Crippen molar-refractivity contribution in [3.8, 4) is 28.2 Å². The van der Waals surface area contributed by atoms with Gasteiger partial charge in [0, 0.05) is 63.4 Å². The Morgan fingerprint density at radius 2 is 1.48 bits per heavy atom. The molecule has 11 heteroatoms. The fraction of sp³-hybridized carbons (Fsp3) is 0.207. The molecule has 40 heavy (non-hydrogen) atoms. The predicted octanol–water partition coefficient (Wildman–Crippen LogP) is 4.99. The summed E-state index contributed by atoms with van der Waals surface area (Å²) >= 11 is 12.7. The third kappa shape index (κ3) is 5.68. The SMILES string of the molecule is Nc1ncc(-c2ccc(CN3CCN(Cc4ccncc4)CC3)cc2)cc1-c1nnnn1-c1cccc(Cl)c1Cl. The Bertz CT molecular complexity index is 1600. The molecule has 1 aliphatic heterocycles. The zero-order valence-corrected chi connectivity index (χ0v) is 23.2. The van der Waals surface area contributed by atoms with E-state index in [0.29, 0.717) is 32.9 Å². The number of nitrogens with two attached hydrogens (primary N) is 1. The van der Waals surface area contributed by atoms with Crippen LogP contribution in [-0.2, 0) is 13.1 Å². The lowest BCUT2D eigenvalue weighted by Gasteiger charge is -2.34. The van der Waals surface area contributed by atoms with Crippen molar-refractivity contribution in [2.75, 3.05) is 31.9 Å². The van der Waals surface area contributed by atoms with Gasteiger partial charge in [0.25, 0.3) is 0 Å². The topological polar surface area (TPSA) is 102 Å². The maximum absolute atomic E-state index is 6.43. The van der Waals surface area contributed by atoms with E-state index < -0.39 is 0 Å². The number of aromatic nitrogens is 6. The molecule has 0 atom stereocenters. The summed E-state index contributed by atoms with van der Waals surface area (Å²) in [6.45, 7) is 6.10. The Balaban J connectivity index is 1.15. The van der Waals surface area contributed by atoms with E-state index in [9.17, 15) is 0 Å². The number of anilines is 1. The van der Waals surface area contributed by atoms with E-state index in [-0.39, 0.29) is 0 Å². The molecule has 0 bridgehead atoms. The molecule has 6 rings (SSSR count). The molecule has 1 aliphatic rings. The minimum Gasteiger partial charge on any atom is -0.383 e. The first-order valence-electron chi connectivity index (χ1n) is 13.0. The summed E-state index contributed by atoms with van der Waals surface area (Å²) in [6, 6.07) is 20.0. The average Bonchev–Trinajstić information content (AvgIpc) is 3.46. The smallest absolute Gasteiger partial charge is 0.190 e. The Kier molecular flexibility index (Phi) is 7.70. The van der Waals surface area contributed by atoms with Crippen molar-refractivity contribution in [3.63, 3.8) is 0 Å². The third-order valence-corrected chi connectivity index (χ3v) is 7.91. The molecule has 2 aromatic carbocycles. The van der Waals surface area contributed by atoms with Crippen molar-refractivity contribution in [1.82, 2.24) is 40.0 Å². The molecule has 9 nitrogen and oxygen atoms in total. The quantitative estimate of drug-likeness (QED) is 0.291. The maximum atomic E-state index is 6.43. The lowest BCUT2D eigenvalue weighted by molar-refractivity contribution is 0.122. The van der Waals surface area contributed by atoms with Gasteiger partial charge in [0.15, 0.2) is 5.82 Å². The van der Waals surface area contributed by atoms with Crippen molar-refractivity contribution in [2.24, 2.45) is 0 Å². The van der Waals surface area contributed by atoms with Crippen LogP contribution in [0.1, 0.15) is 11.1 Å². The van der Waals surface area contributed by atoms with E-state index in [4.69, 9.17) is 28.9 Å². The van der Waals surface area contributed by atoms with Crippen LogP contribution in [0.2, 0.25) is 10.0 Å². The number of hydrogen-bond acceptors (Lipinski definition) is 8. The average molecular weight is 573 g/mol. The monoisotopic (exact) mass is 571 g/mol. The van der Waals surface area contributed by atoms with E-state index in [0.717, 1.165) is 50.4 Å². The highest BCUT2D eigenvalue weighted by Crippen LogP contribution is 2.33. The largest absolute Gasteiger partial charge is 0.383 e. The van der Waals surface area contributed by atoms with Gasteiger partial charge >= 0.3 is 0 Å². The molecule has 3 aromatic heterocycles. The summed E-state index contributed by atoms with van der Waals surface area (Å²) in [5.41, 5.74) is 11.9. The van der Waals surface area contributed by atoms with E-state index in [1.807, 2.05) is 18.5 Å². The molecule has 0 aliphatic carbocycles. The fourth-order valence-electron chi connectivity index (χ4n) is 4.90. The molecular weight excluding hydrogens is 545 g/mol. The molecule has 0 saturated carbocycles. The van der Waals surface area contributed by atoms with E-state index in [1.54, 1.807) is 24.4 Å². The van der Waals surface area contributed by atoms with E-state index in [1.165, 1.54) is 15.8 Å². The number of rotatable bonds is 7. The minimum atomic E-state index is 0.317. The van der Waals surface area contributed by atoms with Crippen molar-refractivity contribution in [1.29, 1.82) is 0 Å². The van der Waals surface area contributed by atoms with Crippen LogP contribution in [0.5, 0.6) is 0 Å². The minimum absolute atomic E-state index is 0.317. The van der Waals surface area contributed by atoms with Crippen LogP contribution in [0.25, 0.3) is 28.2 Å². The molecular formula is C29H27Cl2N9. The molecule has 5 aromatic rings. The molecule has 4 heterocycles. The van der Waals surface area contributed by atoms with Crippen LogP contribution in [0.3, 0.4) is 0 Å². The number of pyridine rings is 2. The van der Waals surface area contributed by atoms with Crippen LogP contribution in [0, 0.1) is 0 Å². The van der Waals surface area contributed by atoms with Gasteiger partial charge in [-0.25, -0.2) is 4.98 Å². The zero-order valence-electron chi connectivity index (χ0n) is 21.7. The maximum Gasteiger partial charge on any atom is 0.190 e. The number of nitrogens with zero attached hydrogens (tertiary/aromatic N) is 8. The molecule has 0 radical (unpaired) electrons. The summed E-state index contributed by atoms with van der Waals surface area (Å²) in [6.07, 6.45) is 5.48. The highest BCUT2D eigenvalue weighted by Gasteiger charge is 2.19. The number of hydrogen-bond donors (Lipinski definition) is 1. The Labute approximate surface area is 242 Å². The second kappa shape index (κ2) is 11.7. The van der Waals surface area contributed by atoms with E-state index in [2.05, 4.69) is 71.7 Å². The van der Waals surface area contributed by atoms with Gasteiger partial charge < -0.3 is 5.73 Å². The second-order valence-corrected chi connectivity index (χ2v) is 10.5. The third-order valence-electron chi connectivity index (χ3n) is 7.10. The lowest BCUT2D eigenvalue weighted by atomic mass is 10.0. The van der Waals surface area contributed by atoms with Crippen LogP contribution in [0.15, 0.2) is 79.3 Å². The standard InChI is InChI=1S/C29H27Cl2N9/c30-25-2-1-3-26(27(25)31)40-29(35-36-37-40)24-16-23(17-34-28(24)32)22-6-4-20(5-7-22)18-38-12-14-39(15-13-38)19-21-8-10-33-11-9-21/h1-11,16-17H,12-15,18-19H2,(H2,32,34). The van der Waals surface area contributed by atoms with Crippen LogP contribution in [-0.4, -0.2) is 66.2 Å². The van der Waals surface area contributed by atoms with Gasteiger partial charge in [0.2, 0.25) is 0 Å². The van der Waals surface area contributed by atoms with Crippen LogP contribution < -0.4 is 5.73 Å². The van der Waals surface area contributed by atoms with Crippen molar-refractivity contribution in [3.05, 3.63) is 100 Å². The summed E-state index contributed by atoms with van der Waals surface area (Å²) in [5.74, 6) is 0.744. The van der Waals surface area contributed by atoms with Gasteiger partial charge in [0.1, 0.15) is 5.82 Å². The Hall–Kier alpha value is -3.89. The molecule has 202 valence electrons. The Morgan fingerprint density at radius 3 is 2.17 bits per heavy atom. The van der Waals surface area contributed by atoms with Gasteiger partial charge in [-0.1, -0.05) is 53.5 Å². The van der Waals surface area contributed by atoms with Crippen molar-refractivity contribution in [2.45, 2.75) is 13.1 Å². The highest BCUT2D eigenvalue weighted by molar-refractivity contribution is 6.43.